The Morgan fingerprint density at radius 2 is 1.74 bits per heavy atom. The molecule has 1 aliphatic heterocycles. The molecule has 2 rings (SSSR count). The molecule has 1 fully saturated rings. The quantitative estimate of drug-likeness (QED) is 0.841. The van der Waals surface area contributed by atoms with E-state index in [0.29, 0.717) is 0 Å². The summed E-state index contributed by atoms with van der Waals surface area (Å²) in [5.41, 5.74) is -0.983. The lowest BCUT2D eigenvalue weighted by molar-refractivity contribution is -0.128. The Hall–Kier alpha value is -1.98. The summed E-state index contributed by atoms with van der Waals surface area (Å²) >= 11 is 0. The number of hydrogen-bond acceptors (Lipinski definition) is 2. The average molecular weight is 268 g/mol. The Morgan fingerprint density at radius 1 is 1.16 bits per heavy atom. The van der Waals surface area contributed by atoms with Crippen molar-refractivity contribution in [1.82, 2.24) is 5.32 Å². The summed E-state index contributed by atoms with van der Waals surface area (Å²) in [7, 11) is 0. The average Bonchev–Trinajstić information content (AvgIpc) is 2.35. The van der Waals surface area contributed by atoms with Crippen LogP contribution in [0, 0.1) is 11.6 Å². The molecule has 0 unspecified atom stereocenters. The van der Waals surface area contributed by atoms with Crippen molar-refractivity contribution in [2.24, 2.45) is 0 Å². The predicted octanol–water partition coefficient (Wildman–Crippen LogP) is 1.60. The minimum absolute atomic E-state index is 0.0906. The Balaban J connectivity index is 2.42. The Kier molecular flexibility index (Phi) is 3.26. The standard InChI is InChI=1S/C13H14F2N2O2/c1-13(2)12(19)17(4-3-11(18)16-13)10-6-8(14)5-9(15)7-10/h5-7H,3-4H2,1-2H3,(H,16,18). The van der Waals surface area contributed by atoms with E-state index in [2.05, 4.69) is 5.32 Å². The molecule has 0 radical (unpaired) electrons. The molecule has 1 aromatic carbocycles. The van der Waals surface area contributed by atoms with Gasteiger partial charge < -0.3 is 10.2 Å². The third kappa shape index (κ3) is 2.72. The van der Waals surface area contributed by atoms with Gasteiger partial charge in [-0.05, 0) is 26.0 Å². The molecule has 6 heteroatoms. The smallest absolute Gasteiger partial charge is 0.252 e. The van der Waals surface area contributed by atoms with Gasteiger partial charge in [-0.15, -0.1) is 0 Å². The number of hydrogen-bond donors (Lipinski definition) is 1. The van der Waals surface area contributed by atoms with Crippen LogP contribution in [0.25, 0.3) is 0 Å². The summed E-state index contributed by atoms with van der Waals surface area (Å²) in [4.78, 5) is 25.0. The predicted molar refractivity (Wildman–Crippen MR) is 65.5 cm³/mol. The molecule has 0 bridgehead atoms. The van der Waals surface area contributed by atoms with Crippen molar-refractivity contribution in [3.63, 3.8) is 0 Å². The molecule has 1 aliphatic rings. The summed E-state index contributed by atoms with van der Waals surface area (Å²) in [5.74, 6) is -2.19. The van der Waals surface area contributed by atoms with Crippen LogP contribution in [0.1, 0.15) is 20.3 Å². The molecule has 102 valence electrons. The molecule has 19 heavy (non-hydrogen) atoms. The van der Waals surface area contributed by atoms with Crippen molar-refractivity contribution in [2.75, 3.05) is 11.4 Å². The highest BCUT2D eigenvalue weighted by molar-refractivity contribution is 6.03. The van der Waals surface area contributed by atoms with Crippen LogP contribution in [0.4, 0.5) is 14.5 Å². The Labute approximate surface area is 109 Å². The van der Waals surface area contributed by atoms with Crippen molar-refractivity contribution < 1.29 is 18.4 Å². The second-order valence-corrected chi connectivity index (χ2v) is 5.01. The fraction of sp³-hybridized carbons (Fsp3) is 0.385. The normalized spacial score (nSPS) is 19.1. The molecule has 0 atom stereocenters. The van der Waals surface area contributed by atoms with Crippen molar-refractivity contribution in [2.45, 2.75) is 25.8 Å². The third-order valence-electron chi connectivity index (χ3n) is 2.95. The zero-order chi connectivity index (χ0) is 14.2. The van der Waals surface area contributed by atoms with Crippen LogP contribution in [-0.2, 0) is 9.59 Å². The summed E-state index contributed by atoms with van der Waals surface area (Å²) in [6, 6.07) is 2.89. The van der Waals surface area contributed by atoms with E-state index in [1.807, 2.05) is 0 Å². The molecule has 0 spiro atoms. The van der Waals surface area contributed by atoms with Gasteiger partial charge in [0.1, 0.15) is 17.2 Å². The molecule has 0 saturated carbocycles. The van der Waals surface area contributed by atoms with Crippen LogP contribution in [0.15, 0.2) is 18.2 Å². The second kappa shape index (κ2) is 4.60. The first-order valence-corrected chi connectivity index (χ1v) is 5.89. The number of halogens is 2. The van der Waals surface area contributed by atoms with Crippen molar-refractivity contribution in [1.29, 1.82) is 0 Å². The van der Waals surface area contributed by atoms with E-state index in [-0.39, 0.29) is 24.6 Å². The van der Waals surface area contributed by atoms with Gasteiger partial charge in [0.15, 0.2) is 0 Å². The van der Waals surface area contributed by atoms with Gasteiger partial charge in [0.05, 0.1) is 0 Å². The van der Waals surface area contributed by atoms with Gasteiger partial charge in [0, 0.05) is 24.7 Å². The molecular weight excluding hydrogens is 254 g/mol. The first-order valence-electron chi connectivity index (χ1n) is 5.89. The van der Waals surface area contributed by atoms with Gasteiger partial charge >= 0.3 is 0 Å². The van der Waals surface area contributed by atoms with Crippen molar-refractivity contribution >= 4 is 17.5 Å². The minimum atomic E-state index is -1.10. The Bertz CT molecular complexity index is 523. The molecule has 1 aromatic rings. The summed E-state index contributed by atoms with van der Waals surface area (Å²) in [6.45, 7) is 3.21. The van der Waals surface area contributed by atoms with E-state index in [0.717, 1.165) is 18.2 Å². The van der Waals surface area contributed by atoms with Crippen LogP contribution in [-0.4, -0.2) is 23.9 Å². The van der Waals surface area contributed by atoms with Gasteiger partial charge in [0.2, 0.25) is 5.91 Å². The van der Waals surface area contributed by atoms with E-state index in [9.17, 15) is 18.4 Å². The lowest BCUT2D eigenvalue weighted by atomic mass is 10.0. The van der Waals surface area contributed by atoms with Crippen molar-refractivity contribution in [3.05, 3.63) is 29.8 Å². The van der Waals surface area contributed by atoms with E-state index >= 15 is 0 Å². The number of anilines is 1. The van der Waals surface area contributed by atoms with E-state index < -0.39 is 23.1 Å². The monoisotopic (exact) mass is 268 g/mol. The number of amides is 2. The highest BCUT2D eigenvalue weighted by Crippen LogP contribution is 2.23. The zero-order valence-electron chi connectivity index (χ0n) is 10.7. The minimum Gasteiger partial charge on any atom is -0.342 e. The van der Waals surface area contributed by atoms with Crippen molar-refractivity contribution in [3.8, 4) is 0 Å². The molecule has 1 saturated heterocycles. The molecule has 0 aliphatic carbocycles. The number of nitrogens with one attached hydrogen (secondary N) is 1. The summed E-state index contributed by atoms with van der Waals surface area (Å²) < 4.78 is 26.4. The van der Waals surface area contributed by atoms with E-state index in [1.54, 1.807) is 13.8 Å². The van der Waals surface area contributed by atoms with Crippen LogP contribution < -0.4 is 10.2 Å². The van der Waals surface area contributed by atoms with Crippen LogP contribution in [0.3, 0.4) is 0 Å². The Morgan fingerprint density at radius 3 is 2.32 bits per heavy atom. The second-order valence-electron chi connectivity index (χ2n) is 5.01. The maximum Gasteiger partial charge on any atom is 0.252 e. The fourth-order valence-electron chi connectivity index (χ4n) is 2.06. The number of nitrogens with zero attached hydrogens (tertiary/aromatic N) is 1. The van der Waals surface area contributed by atoms with Gasteiger partial charge in [-0.2, -0.15) is 0 Å². The number of carbonyl (C=O) groups is 2. The lowest BCUT2D eigenvalue weighted by Crippen LogP contribution is -2.53. The van der Waals surface area contributed by atoms with Crippen LogP contribution >= 0.6 is 0 Å². The van der Waals surface area contributed by atoms with Gasteiger partial charge in [0.25, 0.3) is 5.91 Å². The molecule has 1 N–H and O–H groups in total. The van der Waals surface area contributed by atoms with Crippen LogP contribution in [0.5, 0.6) is 0 Å². The molecule has 4 nitrogen and oxygen atoms in total. The molecule has 0 aromatic heterocycles. The maximum absolute atomic E-state index is 13.2. The fourth-order valence-corrected chi connectivity index (χ4v) is 2.06. The SMILES string of the molecule is CC1(C)NC(=O)CCN(c2cc(F)cc(F)c2)C1=O. The first-order chi connectivity index (χ1) is 8.79. The highest BCUT2D eigenvalue weighted by Gasteiger charge is 2.37. The number of carbonyl (C=O) groups excluding carboxylic acids is 2. The number of benzene rings is 1. The molecule has 1 heterocycles. The van der Waals surface area contributed by atoms with E-state index in [1.165, 1.54) is 4.90 Å². The maximum atomic E-state index is 13.2. The topological polar surface area (TPSA) is 49.4 Å². The highest BCUT2D eigenvalue weighted by atomic mass is 19.1. The van der Waals surface area contributed by atoms with Crippen LogP contribution in [0.2, 0.25) is 0 Å². The summed E-state index contributed by atoms with van der Waals surface area (Å²) in [5, 5.41) is 2.58. The lowest BCUT2D eigenvalue weighted by Gasteiger charge is -2.28. The van der Waals surface area contributed by atoms with Gasteiger partial charge in [-0.3, -0.25) is 9.59 Å². The molecule has 2 amide bonds. The first kappa shape index (κ1) is 13.5. The molecular formula is C13H14F2N2O2. The van der Waals surface area contributed by atoms with E-state index in [4.69, 9.17) is 0 Å². The zero-order valence-corrected chi connectivity index (χ0v) is 10.7. The number of rotatable bonds is 1. The van der Waals surface area contributed by atoms with Gasteiger partial charge in [-0.25, -0.2) is 8.78 Å². The summed E-state index contributed by atoms with van der Waals surface area (Å²) in [6.07, 6.45) is 0.0906. The third-order valence-corrected chi connectivity index (χ3v) is 2.95. The largest absolute Gasteiger partial charge is 0.342 e. The van der Waals surface area contributed by atoms with Gasteiger partial charge in [-0.1, -0.05) is 0 Å².